The van der Waals surface area contributed by atoms with Crippen LogP contribution in [0.3, 0.4) is 0 Å². The van der Waals surface area contributed by atoms with Crippen LogP contribution in [0.15, 0.2) is 30.4 Å². The molecule has 4 N–H and O–H groups in total. The molecule has 1 aromatic carbocycles. The third-order valence-electron chi connectivity index (χ3n) is 9.34. The van der Waals surface area contributed by atoms with Gasteiger partial charge in [-0.05, 0) is 55.7 Å². The number of allylic oxidation sites excluding steroid dienone is 1. The van der Waals surface area contributed by atoms with Gasteiger partial charge in [-0.25, -0.2) is 13.2 Å². The first-order valence-electron chi connectivity index (χ1n) is 15.3. The van der Waals surface area contributed by atoms with Gasteiger partial charge < -0.3 is 20.7 Å². The number of rotatable bonds is 4. The van der Waals surface area contributed by atoms with Crippen LogP contribution in [0.2, 0.25) is 5.02 Å². The molecule has 6 rings (SSSR count). The summed E-state index contributed by atoms with van der Waals surface area (Å²) in [5.74, 6) is -2.22. The predicted octanol–water partition coefficient (Wildman–Crippen LogP) is 2.09. The highest BCUT2D eigenvalue weighted by atomic mass is 35.5. The summed E-state index contributed by atoms with van der Waals surface area (Å²) in [5.41, 5.74) is 6.61. The first kappa shape index (κ1) is 30.8. The van der Waals surface area contributed by atoms with E-state index in [2.05, 4.69) is 10.0 Å². The van der Waals surface area contributed by atoms with Gasteiger partial charge in [-0.1, -0.05) is 48.7 Å². The molecule has 0 bridgehead atoms. The molecule has 44 heavy (non-hydrogen) atoms. The number of carbonyl (C=O) groups is 4. The molecule has 0 aromatic heterocycles. The van der Waals surface area contributed by atoms with Gasteiger partial charge in [0.25, 0.3) is 5.91 Å². The van der Waals surface area contributed by atoms with Crippen LogP contribution in [0.4, 0.5) is 4.79 Å². The van der Waals surface area contributed by atoms with E-state index in [1.807, 2.05) is 24.3 Å². The number of hydrogen-bond acceptors (Lipinski definition) is 8. The predicted molar refractivity (Wildman–Crippen MR) is 160 cm³/mol. The molecule has 3 fully saturated rings. The Bertz CT molecular complexity index is 1500. The Morgan fingerprint density at radius 3 is 2.66 bits per heavy atom. The number of nitrogens with one attached hydrogen (secondary N) is 2. The Hall–Kier alpha value is -3.16. The molecular formula is C30H38ClN5O7S. The molecule has 5 aliphatic rings. The largest absolute Gasteiger partial charge is 0.444 e. The minimum atomic E-state index is -3.84. The highest BCUT2D eigenvalue weighted by Crippen LogP contribution is 2.46. The number of fused-ring (bicyclic) bond motifs is 3. The lowest BCUT2D eigenvalue weighted by molar-refractivity contribution is -0.140. The Morgan fingerprint density at radius 1 is 1.11 bits per heavy atom. The molecule has 238 valence electrons. The maximum atomic E-state index is 13.9. The zero-order valence-electron chi connectivity index (χ0n) is 24.4. The van der Waals surface area contributed by atoms with Crippen LogP contribution in [-0.4, -0.2) is 77.6 Å². The monoisotopic (exact) mass is 647 g/mol. The zero-order chi connectivity index (χ0) is 31.2. The lowest BCUT2D eigenvalue weighted by Gasteiger charge is -2.28. The normalized spacial score (nSPS) is 31.5. The van der Waals surface area contributed by atoms with Crippen LogP contribution in [0, 0.1) is 5.92 Å². The lowest BCUT2D eigenvalue weighted by Crippen LogP contribution is -2.57. The van der Waals surface area contributed by atoms with Crippen LogP contribution < -0.4 is 15.8 Å². The molecule has 2 saturated carbocycles. The molecular weight excluding hydrogens is 610 g/mol. The van der Waals surface area contributed by atoms with E-state index >= 15 is 0 Å². The van der Waals surface area contributed by atoms with Gasteiger partial charge >= 0.3 is 6.09 Å². The van der Waals surface area contributed by atoms with E-state index in [-0.39, 0.29) is 25.9 Å². The van der Waals surface area contributed by atoms with Gasteiger partial charge in [0.05, 0.1) is 24.4 Å². The van der Waals surface area contributed by atoms with Crippen LogP contribution in [0.1, 0.15) is 68.9 Å². The second-order valence-corrected chi connectivity index (χ2v) is 15.0. The topological polar surface area (TPSA) is 168 Å². The Balaban J connectivity index is 1.20. The van der Waals surface area contributed by atoms with E-state index in [0.717, 1.165) is 36.8 Å². The van der Waals surface area contributed by atoms with E-state index in [0.29, 0.717) is 30.8 Å². The second kappa shape index (κ2) is 12.0. The SMILES string of the molecule is N[C@H]1CCCCC/C=C\[C@@H]2C[C@@]2(C(=O)NS(=O)(=O)C2CC2)NC(=O)[C@@H]2C[C@@H](OC(=O)N3Cc4cccc(Cl)c4C3)CN2C1=O. The first-order valence-corrected chi connectivity index (χ1v) is 17.2. The van der Waals surface area contributed by atoms with E-state index in [4.69, 9.17) is 22.1 Å². The summed E-state index contributed by atoms with van der Waals surface area (Å²) in [6.45, 7) is 0.583. The highest BCUT2D eigenvalue weighted by molar-refractivity contribution is 7.91. The molecule has 12 nitrogen and oxygen atoms in total. The fourth-order valence-corrected chi connectivity index (χ4v) is 8.09. The molecule has 4 amide bonds. The molecule has 2 aliphatic carbocycles. The number of amides is 4. The van der Waals surface area contributed by atoms with Crippen molar-refractivity contribution in [2.24, 2.45) is 11.7 Å². The van der Waals surface area contributed by atoms with Crippen molar-refractivity contribution in [1.29, 1.82) is 0 Å². The average Bonchev–Trinajstić information content (AvgIpc) is 3.86. The zero-order valence-corrected chi connectivity index (χ0v) is 25.9. The highest BCUT2D eigenvalue weighted by Gasteiger charge is 2.62. The van der Waals surface area contributed by atoms with Crippen molar-refractivity contribution in [2.45, 2.75) is 99.9 Å². The van der Waals surface area contributed by atoms with Gasteiger partial charge in [0.2, 0.25) is 21.8 Å². The molecule has 3 aliphatic heterocycles. The third-order valence-corrected chi connectivity index (χ3v) is 11.5. The fourth-order valence-electron chi connectivity index (χ4n) is 6.47. The molecule has 3 heterocycles. The average molecular weight is 648 g/mol. The van der Waals surface area contributed by atoms with Gasteiger partial charge in [0.1, 0.15) is 17.7 Å². The number of nitrogens with zero attached hydrogens (tertiary/aromatic N) is 2. The minimum Gasteiger partial charge on any atom is -0.444 e. The van der Waals surface area contributed by atoms with E-state index in [1.165, 1.54) is 9.80 Å². The van der Waals surface area contributed by atoms with Crippen molar-refractivity contribution in [3.05, 3.63) is 46.5 Å². The molecule has 0 radical (unpaired) electrons. The Kier molecular flexibility index (Phi) is 8.40. The van der Waals surface area contributed by atoms with E-state index < -0.39 is 68.7 Å². The van der Waals surface area contributed by atoms with Gasteiger partial charge in [-0.2, -0.15) is 0 Å². The first-order chi connectivity index (χ1) is 21.0. The van der Waals surface area contributed by atoms with Crippen molar-refractivity contribution in [3.8, 4) is 0 Å². The van der Waals surface area contributed by atoms with Crippen molar-refractivity contribution in [3.63, 3.8) is 0 Å². The number of carbonyl (C=O) groups excluding carboxylic acids is 4. The fraction of sp³-hybridized carbons (Fsp3) is 0.600. The standard InChI is InChI=1S/C30H38ClN5O7S/c31-23-9-6-7-18-15-35(17-22(18)23)29(40)43-20-13-25-26(37)33-30(28(39)34-44(41,42)21-11-12-21)14-19(30)8-4-2-1-3-5-10-24(32)27(38)36(25)16-20/h4,6-9,19-21,24-25H,1-3,5,10-17,32H2,(H,33,37)(H,34,39)/b8-4-/t19-,20-,24+,25+,30-/m1/s1. The smallest absolute Gasteiger partial charge is 0.410 e. The van der Waals surface area contributed by atoms with Gasteiger partial charge in [0.15, 0.2) is 0 Å². The van der Waals surface area contributed by atoms with Crippen LogP contribution in [-0.2, 0) is 42.2 Å². The van der Waals surface area contributed by atoms with Crippen molar-refractivity contribution in [2.75, 3.05) is 6.54 Å². The summed E-state index contributed by atoms with van der Waals surface area (Å²) >= 11 is 6.31. The Morgan fingerprint density at radius 2 is 1.91 bits per heavy atom. The van der Waals surface area contributed by atoms with Crippen molar-refractivity contribution < 1.29 is 32.3 Å². The molecule has 5 atom stereocenters. The van der Waals surface area contributed by atoms with Gasteiger partial charge in [-0.15, -0.1) is 0 Å². The summed E-state index contributed by atoms with van der Waals surface area (Å²) in [6, 6.07) is 3.58. The number of benzene rings is 1. The Labute approximate surface area is 261 Å². The van der Waals surface area contributed by atoms with Crippen LogP contribution in [0.5, 0.6) is 0 Å². The van der Waals surface area contributed by atoms with Crippen molar-refractivity contribution in [1.82, 2.24) is 19.8 Å². The van der Waals surface area contributed by atoms with Crippen LogP contribution in [0.25, 0.3) is 0 Å². The van der Waals surface area contributed by atoms with E-state index in [1.54, 1.807) is 6.07 Å². The summed E-state index contributed by atoms with van der Waals surface area (Å²) in [6.07, 6.45) is 7.29. The number of halogens is 1. The molecule has 0 spiro atoms. The van der Waals surface area contributed by atoms with E-state index in [9.17, 15) is 27.6 Å². The number of hydrogen-bond donors (Lipinski definition) is 3. The number of ether oxygens (including phenoxy) is 1. The quantitative estimate of drug-likeness (QED) is 0.418. The molecule has 1 saturated heterocycles. The summed E-state index contributed by atoms with van der Waals surface area (Å²) in [5, 5.41) is 2.77. The lowest BCUT2D eigenvalue weighted by atomic mass is 10.1. The van der Waals surface area contributed by atoms with Crippen molar-refractivity contribution >= 4 is 45.4 Å². The maximum absolute atomic E-state index is 13.9. The maximum Gasteiger partial charge on any atom is 0.410 e. The summed E-state index contributed by atoms with van der Waals surface area (Å²) in [4.78, 5) is 56.8. The third kappa shape index (κ3) is 6.18. The number of sulfonamides is 1. The summed E-state index contributed by atoms with van der Waals surface area (Å²) in [7, 11) is -3.84. The second-order valence-electron chi connectivity index (χ2n) is 12.6. The molecule has 0 unspecified atom stereocenters. The van der Waals surface area contributed by atoms with Gasteiger partial charge in [0, 0.05) is 23.9 Å². The number of nitrogens with two attached hydrogens (primary N) is 1. The minimum absolute atomic E-state index is 0.0101. The summed E-state index contributed by atoms with van der Waals surface area (Å²) < 4.78 is 33.2. The van der Waals surface area contributed by atoms with Crippen LogP contribution >= 0.6 is 11.6 Å². The molecule has 1 aromatic rings. The van der Waals surface area contributed by atoms with Gasteiger partial charge in [-0.3, -0.25) is 24.0 Å². The molecule has 14 heteroatoms.